The van der Waals surface area contributed by atoms with Crippen LogP contribution in [0.5, 0.6) is 5.75 Å². The molecule has 0 saturated heterocycles. The summed E-state index contributed by atoms with van der Waals surface area (Å²) in [6, 6.07) is 15.4. The molecule has 2 unspecified atom stereocenters. The largest absolute Gasteiger partial charge is 0.492 e. The van der Waals surface area contributed by atoms with E-state index in [0.717, 1.165) is 22.2 Å². The molecule has 2 aromatic carbocycles. The first-order valence-electron chi connectivity index (χ1n) is 7.98. The summed E-state index contributed by atoms with van der Waals surface area (Å²) in [5, 5.41) is 15.2. The van der Waals surface area contributed by atoms with Gasteiger partial charge in [-0.25, -0.2) is 0 Å². The number of hydrogen-bond donors (Lipinski definition) is 3. The van der Waals surface area contributed by atoms with Gasteiger partial charge in [0.2, 0.25) is 0 Å². The minimum atomic E-state index is -0.595. The third kappa shape index (κ3) is 4.29. The topological polar surface area (TPSA) is 57.3 Å². The van der Waals surface area contributed by atoms with E-state index >= 15 is 0 Å². The van der Waals surface area contributed by atoms with Gasteiger partial charge in [0.05, 0.1) is 6.10 Å². The Balaban J connectivity index is 1.47. The quantitative estimate of drug-likeness (QED) is 0.609. The van der Waals surface area contributed by atoms with Gasteiger partial charge in [-0.15, -0.1) is 0 Å². The van der Waals surface area contributed by atoms with Crippen LogP contribution in [-0.2, 0) is 0 Å². The van der Waals surface area contributed by atoms with Gasteiger partial charge < -0.3 is 20.1 Å². The minimum absolute atomic E-state index is 0.112. The number of H-pyrrole nitrogens is 1. The van der Waals surface area contributed by atoms with E-state index in [1.54, 1.807) is 12.1 Å². The van der Waals surface area contributed by atoms with Gasteiger partial charge in [-0.3, -0.25) is 0 Å². The fourth-order valence-electron chi connectivity index (χ4n) is 2.55. The monoisotopic (exact) mass is 344 g/mol. The molecule has 0 spiro atoms. The number of aromatic amines is 1. The molecule has 2 atom stereocenters. The van der Waals surface area contributed by atoms with E-state index in [-0.39, 0.29) is 6.04 Å². The van der Waals surface area contributed by atoms with Gasteiger partial charge in [0.15, 0.2) is 0 Å². The normalized spacial score (nSPS) is 13.8. The number of aliphatic hydroxyl groups is 1. The average Bonchev–Trinajstić information content (AvgIpc) is 3.05. The summed E-state index contributed by atoms with van der Waals surface area (Å²) in [5.41, 5.74) is 1.90. The number of nitrogens with one attached hydrogen (secondary N) is 2. The Bertz CT molecular complexity index is 803. The van der Waals surface area contributed by atoms with Crippen LogP contribution in [0.3, 0.4) is 0 Å². The van der Waals surface area contributed by atoms with Gasteiger partial charge in [-0.2, -0.15) is 0 Å². The molecule has 1 aromatic heterocycles. The number of benzene rings is 2. The standard InChI is InChI=1S/C19H21ClN2O2/c1-13(22-11-19(23)15-3-2-4-16(20)9-15)12-24-17-5-6-18-14(10-17)7-8-21-18/h2-10,13,19,21-23H,11-12H2,1H3. The lowest BCUT2D eigenvalue weighted by Gasteiger charge is -2.18. The lowest BCUT2D eigenvalue weighted by atomic mass is 10.1. The van der Waals surface area contributed by atoms with Crippen molar-refractivity contribution < 1.29 is 9.84 Å². The van der Waals surface area contributed by atoms with Gasteiger partial charge in [-0.1, -0.05) is 23.7 Å². The summed E-state index contributed by atoms with van der Waals surface area (Å²) >= 11 is 5.95. The van der Waals surface area contributed by atoms with Crippen LogP contribution in [0.15, 0.2) is 54.7 Å². The number of fused-ring (bicyclic) bond motifs is 1. The molecular formula is C19H21ClN2O2. The molecule has 0 amide bonds. The van der Waals surface area contributed by atoms with Gasteiger partial charge in [-0.05, 0) is 48.9 Å². The van der Waals surface area contributed by atoms with E-state index in [0.29, 0.717) is 18.2 Å². The van der Waals surface area contributed by atoms with Crippen molar-refractivity contribution in [3.05, 3.63) is 65.3 Å². The molecule has 0 fully saturated rings. The van der Waals surface area contributed by atoms with E-state index in [1.165, 1.54) is 0 Å². The third-order valence-corrected chi connectivity index (χ3v) is 4.15. The van der Waals surface area contributed by atoms with E-state index in [9.17, 15) is 5.11 Å². The Morgan fingerprint density at radius 2 is 2.08 bits per heavy atom. The SMILES string of the molecule is CC(COc1ccc2[nH]ccc2c1)NCC(O)c1cccc(Cl)c1. The van der Waals surface area contributed by atoms with Crippen molar-refractivity contribution in [2.45, 2.75) is 19.1 Å². The van der Waals surface area contributed by atoms with Crippen molar-refractivity contribution in [1.29, 1.82) is 0 Å². The first kappa shape index (κ1) is 16.8. The van der Waals surface area contributed by atoms with E-state index in [4.69, 9.17) is 16.3 Å². The molecule has 0 radical (unpaired) electrons. The van der Waals surface area contributed by atoms with Gasteiger partial charge in [0.1, 0.15) is 12.4 Å². The Labute approximate surface area is 146 Å². The van der Waals surface area contributed by atoms with E-state index < -0.39 is 6.10 Å². The lowest BCUT2D eigenvalue weighted by molar-refractivity contribution is 0.164. The molecule has 0 aliphatic carbocycles. The molecule has 24 heavy (non-hydrogen) atoms. The number of aromatic nitrogens is 1. The van der Waals surface area contributed by atoms with Crippen molar-refractivity contribution in [2.24, 2.45) is 0 Å². The highest BCUT2D eigenvalue weighted by Gasteiger charge is 2.10. The van der Waals surface area contributed by atoms with E-state index in [2.05, 4.69) is 10.3 Å². The summed E-state index contributed by atoms with van der Waals surface area (Å²) in [7, 11) is 0. The average molecular weight is 345 g/mol. The third-order valence-electron chi connectivity index (χ3n) is 3.92. The number of hydrogen-bond acceptors (Lipinski definition) is 3. The van der Waals surface area contributed by atoms with Crippen molar-refractivity contribution in [1.82, 2.24) is 10.3 Å². The Kier molecular flexibility index (Phi) is 5.41. The van der Waals surface area contributed by atoms with Crippen LogP contribution in [0.1, 0.15) is 18.6 Å². The van der Waals surface area contributed by atoms with Gasteiger partial charge in [0, 0.05) is 34.7 Å². The van der Waals surface area contributed by atoms with Crippen LogP contribution in [0, 0.1) is 0 Å². The Morgan fingerprint density at radius 3 is 2.92 bits per heavy atom. The molecule has 0 aliphatic rings. The second kappa shape index (κ2) is 7.71. The maximum absolute atomic E-state index is 10.2. The zero-order chi connectivity index (χ0) is 16.9. The second-order valence-electron chi connectivity index (χ2n) is 5.92. The van der Waals surface area contributed by atoms with Crippen molar-refractivity contribution >= 4 is 22.5 Å². The van der Waals surface area contributed by atoms with Crippen LogP contribution < -0.4 is 10.1 Å². The summed E-state index contributed by atoms with van der Waals surface area (Å²) in [6.07, 6.45) is 1.32. The highest BCUT2D eigenvalue weighted by Crippen LogP contribution is 2.20. The van der Waals surface area contributed by atoms with Gasteiger partial charge >= 0.3 is 0 Å². The van der Waals surface area contributed by atoms with Crippen LogP contribution in [0.4, 0.5) is 0 Å². The molecular weight excluding hydrogens is 324 g/mol. The van der Waals surface area contributed by atoms with E-state index in [1.807, 2.05) is 49.5 Å². The number of rotatable bonds is 7. The minimum Gasteiger partial charge on any atom is -0.492 e. The molecule has 1 heterocycles. The second-order valence-corrected chi connectivity index (χ2v) is 6.35. The van der Waals surface area contributed by atoms with Crippen molar-refractivity contribution in [2.75, 3.05) is 13.2 Å². The number of ether oxygens (including phenoxy) is 1. The Hall–Kier alpha value is -2.01. The highest BCUT2D eigenvalue weighted by atomic mass is 35.5. The molecule has 0 bridgehead atoms. The van der Waals surface area contributed by atoms with Gasteiger partial charge in [0.25, 0.3) is 0 Å². The molecule has 5 heteroatoms. The molecule has 4 nitrogen and oxygen atoms in total. The summed E-state index contributed by atoms with van der Waals surface area (Å²) in [5.74, 6) is 0.839. The predicted octanol–water partition coefficient (Wildman–Crippen LogP) is 3.91. The maximum atomic E-state index is 10.2. The summed E-state index contributed by atoms with van der Waals surface area (Å²) in [6.45, 7) is 3.00. The molecule has 0 saturated carbocycles. The molecule has 3 N–H and O–H groups in total. The van der Waals surface area contributed by atoms with Crippen LogP contribution >= 0.6 is 11.6 Å². The van der Waals surface area contributed by atoms with Crippen LogP contribution in [-0.4, -0.2) is 29.3 Å². The lowest BCUT2D eigenvalue weighted by Crippen LogP contribution is -2.34. The zero-order valence-corrected chi connectivity index (χ0v) is 14.3. The number of aliphatic hydroxyl groups excluding tert-OH is 1. The van der Waals surface area contributed by atoms with Crippen molar-refractivity contribution in [3.63, 3.8) is 0 Å². The zero-order valence-electron chi connectivity index (χ0n) is 13.5. The molecule has 126 valence electrons. The molecule has 3 rings (SSSR count). The summed E-state index contributed by atoms with van der Waals surface area (Å²) in [4.78, 5) is 3.16. The molecule has 0 aliphatic heterocycles. The summed E-state index contributed by atoms with van der Waals surface area (Å²) < 4.78 is 5.82. The Morgan fingerprint density at radius 1 is 1.21 bits per heavy atom. The first-order chi connectivity index (χ1) is 11.6. The maximum Gasteiger partial charge on any atom is 0.120 e. The van der Waals surface area contributed by atoms with Crippen molar-refractivity contribution in [3.8, 4) is 5.75 Å². The molecule has 3 aromatic rings. The fourth-order valence-corrected chi connectivity index (χ4v) is 2.74. The smallest absolute Gasteiger partial charge is 0.120 e. The number of halogens is 1. The fraction of sp³-hybridized carbons (Fsp3) is 0.263. The van der Waals surface area contributed by atoms with Crippen LogP contribution in [0.25, 0.3) is 10.9 Å². The highest BCUT2D eigenvalue weighted by molar-refractivity contribution is 6.30. The first-order valence-corrected chi connectivity index (χ1v) is 8.36. The van der Waals surface area contributed by atoms with Crippen LogP contribution in [0.2, 0.25) is 5.02 Å². The predicted molar refractivity (Wildman–Crippen MR) is 97.7 cm³/mol.